The molecule has 0 aromatic heterocycles. The fraction of sp³-hybridized carbons (Fsp3) is 0.462. The summed E-state index contributed by atoms with van der Waals surface area (Å²) in [7, 11) is 0.998. The van der Waals surface area contributed by atoms with E-state index in [1.807, 2.05) is 0 Å². The standard InChI is InChI=1S/C13H20N2O4S/c1-10(9-16)15(4)13(17)11-5-7-12(8-6-11)20(18,19)14(2)3/h5-8,10,16H,9H2,1-4H3. The van der Waals surface area contributed by atoms with Crippen LogP contribution in [0.15, 0.2) is 29.2 Å². The first kappa shape index (κ1) is 16.6. The van der Waals surface area contributed by atoms with Gasteiger partial charge >= 0.3 is 0 Å². The van der Waals surface area contributed by atoms with Crippen molar-refractivity contribution in [3.63, 3.8) is 0 Å². The number of nitrogens with zero attached hydrogens (tertiary/aromatic N) is 2. The van der Waals surface area contributed by atoms with Gasteiger partial charge in [-0.2, -0.15) is 0 Å². The summed E-state index contributed by atoms with van der Waals surface area (Å²) in [5.41, 5.74) is 0.380. The summed E-state index contributed by atoms with van der Waals surface area (Å²) in [5, 5.41) is 9.03. The van der Waals surface area contributed by atoms with E-state index in [9.17, 15) is 13.2 Å². The summed E-state index contributed by atoms with van der Waals surface area (Å²) < 4.78 is 24.9. The molecule has 1 amide bonds. The van der Waals surface area contributed by atoms with Crippen LogP contribution >= 0.6 is 0 Å². The normalized spacial score (nSPS) is 13.3. The number of aliphatic hydroxyl groups is 1. The summed E-state index contributed by atoms with van der Waals surface area (Å²) >= 11 is 0. The molecule has 0 saturated heterocycles. The largest absolute Gasteiger partial charge is 0.394 e. The Morgan fingerprint density at radius 3 is 2.10 bits per heavy atom. The Morgan fingerprint density at radius 1 is 1.20 bits per heavy atom. The molecule has 0 fully saturated rings. The van der Waals surface area contributed by atoms with Gasteiger partial charge in [0.1, 0.15) is 0 Å². The molecule has 1 aromatic rings. The van der Waals surface area contributed by atoms with Crippen molar-refractivity contribution < 1.29 is 18.3 Å². The van der Waals surface area contributed by atoms with Crippen LogP contribution in [0.2, 0.25) is 0 Å². The summed E-state index contributed by atoms with van der Waals surface area (Å²) in [5.74, 6) is -0.264. The van der Waals surface area contributed by atoms with E-state index in [-0.39, 0.29) is 23.5 Å². The lowest BCUT2D eigenvalue weighted by atomic mass is 10.2. The molecule has 0 spiro atoms. The Kier molecular flexibility index (Phi) is 5.27. The zero-order valence-corrected chi connectivity index (χ0v) is 12.9. The maximum absolute atomic E-state index is 12.1. The Balaban J connectivity index is 3.01. The van der Waals surface area contributed by atoms with Crippen LogP contribution in [-0.4, -0.2) is 62.4 Å². The molecule has 112 valence electrons. The van der Waals surface area contributed by atoms with Gasteiger partial charge in [-0.25, -0.2) is 12.7 Å². The van der Waals surface area contributed by atoms with Crippen molar-refractivity contribution in [2.24, 2.45) is 0 Å². The molecule has 7 heteroatoms. The summed E-state index contributed by atoms with van der Waals surface area (Å²) in [6.45, 7) is 1.60. The highest BCUT2D eigenvalue weighted by Gasteiger charge is 2.20. The van der Waals surface area contributed by atoms with Gasteiger partial charge in [0.25, 0.3) is 5.91 Å². The molecule has 0 aliphatic rings. The van der Waals surface area contributed by atoms with Gasteiger partial charge in [0, 0.05) is 26.7 Å². The minimum atomic E-state index is -3.49. The number of likely N-dealkylation sites (N-methyl/N-ethyl adjacent to an activating group) is 1. The van der Waals surface area contributed by atoms with Gasteiger partial charge in [-0.15, -0.1) is 0 Å². The Bertz CT molecular complexity index is 567. The smallest absolute Gasteiger partial charge is 0.253 e. The summed E-state index contributed by atoms with van der Waals surface area (Å²) in [6.07, 6.45) is 0. The number of rotatable bonds is 5. The van der Waals surface area contributed by atoms with Crippen molar-refractivity contribution in [1.82, 2.24) is 9.21 Å². The van der Waals surface area contributed by atoms with Crippen molar-refractivity contribution in [1.29, 1.82) is 0 Å². The minimum Gasteiger partial charge on any atom is -0.394 e. The lowest BCUT2D eigenvalue weighted by Gasteiger charge is -2.23. The molecule has 0 radical (unpaired) electrons. The van der Waals surface area contributed by atoms with Crippen molar-refractivity contribution in [2.75, 3.05) is 27.7 Å². The molecular formula is C13H20N2O4S. The first-order valence-corrected chi connectivity index (χ1v) is 7.56. The van der Waals surface area contributed by atoms with Gasteiger partial charge in [-0.3, -0.25) is 4.79 Å². The lowest BCUT2D eigenvalue weighted by molar-refractivity contribution is 0.0682. The van der Waals surface area contributed by atoms with Crippen LogP contribution in [0.3, 0.4) is 0 Å². The Morgan fingerprint density at radius 2 is 1.70 bits per heavy atom. The molecule has 1 aromatic carbocycles. The fourth-order valence-electron chi connectivity index (χ4n) is 1.51. The third-order valence-electron chi connectivity index (χ3n) is 3.13. The average Bonchev–Trinajstić information content (AvgIpc) is 2.44. The van der Waals surface area contributed by atoms with E-state index in [0.29, 0.717) is 5.56 Å². The van der Waals surface area contributed by atoms with Gasteiger partial charge in [0.2, 0.25) is 10.0 Å². The van der Waals surface area contributed by atoms with E-state index in [2.05, 4.69) is 0 Å². The van der Waals surface area contributed by atoms with Gasteiger partial charge < -0.3 is 10.0 Å². The first-order valence-electron chi connectivity index (χ1n) is 6.12. The van der Waals surface area contributed by atoms with Crippen molar-refractivity contribution in [3.8, 4) is 0 Å². The average molecular weight is 300 g/mol. The molecule has 0 bridgehead atoms. The number of aliphatic hydroxyl groups excluding tert-OH is 1. The van der Waals surface area contributed by atoms with Crippen LogP contribution in [0, 0.1) is 0 Å². The van der Waals surface area contributed by atoms with E-state index in [4.69, 9.17) is 5.11 Å². The second-order valence-electron chi connectivity index (χ2n) is 4.76. The molecule has 1 rings (SSSR count). The predicted molar refractivity (Wildman–Crippen MR) is 76.0 cm³/mol. The van der Waals surface area contributed by atoms with Crippen molar-refractivity contribution in [3.05, 3.63) is 29.8 Å². The van der Waals surface area contributed by atoms with Crippen LogP contribution in [0.1, 0.15) is 17.3 Å². The molecule has 20 heavy (non-hydrogen) atoms. The number of hydrogen-bond acceptors (Lipinski definition) is 4. The van der Waals surface area contributed by atoms with Crippen LogP contribution in [-0.2, 0) is 10.0 Å². The molecule has 1 atom stereocenters. The highest BCUT2D eigenvalue weighted by atomic mass is 32.2. The second kappa shape index (κ2) is 6.34. The highest BCUT2D eigenvalue weighted by molar-refractivity contribution is 7.89. The van der Waals surface area contributed by atoms with Crippen LogP contribution in [0.4, 0.5) is 0 Å². The fourth-order valence-corrected chi connectivity index (χ4v) is 2.41. The molecule has 1 N–H and O–H groups in total. The number of hydrogen-bond donors (Lipinski definition) is 1. The molecule has 1 unspecified atom stereocenters. The van der Waals surface area contributed by atoms with E-state index < -0.39 is 10.0 Å². The zero-order valence-electron chi connectivity index (χ0n) is 12.1. The Hall–Kier alpha value is -1.44. The van der Waals surface area contributed by atoms with E-state index in [1.54, 1.807) is 14.0 Å². The number of amides is 1. The minimum absolute atomic E-state index is 0.130. The van der Waals surface area contributed by atoms with Crippen molar-refractivity contribution in [2.45, 2.75) is 17.9 Å². The SMILES string of the molecule is CC(CO)N(C)C(=O)c1ccc(S(=O)(=O)N(C)C)cc1. The number of carbonyl (C=O) groups excluding carboxylic acids is 1. The van der Waals surface area contributed by atoms with Gasteiger partial charge in [0.15, 0.2) is 0 Å². The van der Waals surface area contributed by atoms with Crippen molar-refractivity contribution >= 4 is 15.9 Å². The molecular weight excluding hydrogens is 280 g/mol. The molecule has 0 heterocycles. The monoisotopic (exact) mass is 300 g/mol. The highest BCUT2D eigenvalue weighted by Crippen LogP contribution is 2.15. The summed E-state index contributed by atoms with van der Waals surface area (Å²) in [4.78, 5) is 13.6. The lowest BCUT2D eigenvalue weighted by Crippen LogP contribution is -2.37. The van der Waals surface area contributed by atoms with E-state index in [1.165, 1.54) is 43.3 Å². The van der Waals surface area contributed by atoms with Gasteiger partial charge in [-0.05, 0) is 31.2 Å². The summed E-state index contributed by atoms with van der Waals surface area (Å²) in [6, 6.07) is 5.45. The maximum Gasteiger partial charge on any atom is 0.253 e. The number of benzene rings is 1. The molecule has 0 saturated carbocycles. The van der Waals surface area contributed by atoms with Crippen LogP contribution in [0.5, 0.6) is 0 Å². The first-order chi connectivity index (χ1) is 9.21. The third-order valence-corrected chi connectivity index (χ3v) is 4.95. The topological polar surface area (TPSA) is 77.9 Å². The molecule has 0 aliphatic carbocycles. The van der Waals surface area contributed by atoms with Gasteiger partial charge in [0.05, 0.1) is 17.5 Å². The maximum atomic E-state index is 12.1. The second-order valence-corrected chi connectivity index (χ2v) is 6.91. The third kappa shape index (κ3) is 3.36. The number of sulfonamides is 1. The van der Waals surface area contributed by atoms with Crippen LogP contribution < -0.4 is 0 Å². The molecule has 6 nitrogen and oxygen atoms in total. The van der Waals surface area contributed by atoms with Crippen LogP contribution in [0.25, 0.3) is 0 Å². The predicted octanol–water partition coefficient (Wildman–Crippen LogP) is 0.390. The molecule has 0 aliphatic heterocycles. The van der Waals surface area contributed by atoms with Gasteiger partial charge in [-0.1, -0.05) is 0 Å². The Labute approximate surface area is 119 Å². The zero-order chi connectivity index (χ0) is 15.5. The number of carbonyl (C=O) groups is 1. The van der Waals surface area contributed by atoms with E-state index in [0.717, 1.165) is 4.31 Å². The quantitative estimate of drug-likeness (QED) is 0.853. The van der Waals surface area contributed by atoms with E-state index >= 15 is 0 Å².